The number of hydrogen-bond donors (Lipinski definition) is 1. The number of nitro groups is 2. The van der Waals surface area contributed by atoms with Crippen molar-refractivity contribution in [2.24, 2.45) is 0 Å². The fourth-order valence-electron chi connectivity index (χ4n) is 4.85. The summed E-state index contributed by atoms with van der Waals surface area (Å²) < 4.78 is 45.1. The molecule has 1 aliphatic heterocycles. The maximum Gasteiger partial charge on any atom is 0.416 e. The third-order valence-corrected chi connectivity index (χ3v) is 7.04. The lowest BCUT2D eigenvalue weighted by atomic mass is 10.0. The quantitative estimate of drug-likeness (QED) is 0.202. The first kappa shape index (κ1) is 29.7. The molecule has 1 unspecified atom stereocenters. The van der Waals surface area contributed by atoms with Crippen molar-refractivity contribution in [3.8, 4) is 22.8 Å². The van der Waals surface area contributed by atoms with Gasteiger partial charge < -0.3 is 14.4 Å². The van der Waals surface area contributed by atoms with Crippen LogP contribution in [0.5, 0.6) is 0 Å². The van der Waals surface area contributed by atoms with Crippen LogP contribution < -0.4 is 0 Å². The van der Waals surface area contributed by atoms with Crippen LogP contribution in [-0.2, 0) is 6.18 Å². The molecule has 1 atom stereocenters. The standard InChI is InChI=1S/C28H20F3N5O8/c29-28(30,31)18-9-5-17(6-10-18)25-32-23(24(44-25)20-3-1-2-4-21(20)36(42)43)26(37)33-13-14-34(27(38)39)22(15-33)16-7-11-19(12-8-16)35(40)41/h1-12,22H,13-15H2,(H,38,39). The van der Waals surface area contributed by atoms with Crippen LogP contribution in [0, 0.1) is 20.2 Å². The molecule has 0 saturated carbocycles. The molecule has 0 radical (unpaired) electrons. The van der Waals surface area contributed by atoms with Crippen LogP contribution in [-0.4, -0.2) is 61.4 Å². The minimum absolute atomic E-state index is 0.0661. The smallest absolute Gasteiger partial charge is 0.416 e. The molecule has 0 spiro atoms. The number of benzene rings is 3. The van der Waals surface area contributed by atoms with E-state index in [1.54, 1.807) is 0 Å². The average Bonchev–Trinajstić information content (AvgIpc) is 3.45. The summed E-state index contributed by atoms with van der Waals surface area (Å²) in [6.07, 6.45) is -5.89. The predicted molar refractivity (Wildman–Crippen MR) is 146 cm³/mol. The molecule has 1 N–H and O–H groups in total. The summed E-state index contributed by atoms with van der Waals surface area (Å²) in [5.74, 6) is -1.35. The molecule has 1 aromatic heterocycles. The first-order valence-electron chi connectivity index (χ1n) is 12.8. The highest BCUT2D eigenvalue weighted by molar-refractivity contribution is 5.99. The lowest BCUT2D eigenvalue weighted by Crippen LogP contribution is -2.52. The van der Waals surface area contributed by atoms with Gasteiger partial charge in [-0.05, 0) is 35.9 Å². The van der Waals surface area contributed by atoms with Crippen molar-refractivity contribution in [3.63, 3.8) is 0 Å². The first-order valence-corrected chi connectivity index (χ1v) is 12.8. The number of piperazine rings is 1. The normalized spacial score (nSPS) is 15.2. The highest BCUT2D eigenvalue weighted by Gasteiger charge is 2.37. The Labute approximate surface area is 245 Å². The number of carbonyl (C=O) groups excluding carboxylic acids is 1. The van der Waals surface area contributed by atoms with E-state index in [4.69, 9.17) is 4.42 Å². The highest BCUT2D eigenvalue weighted by atomic mass is 19.4. The van der Waals surface area contributed by atoms with Crippen LogP contribution in [0.2, 0.25) is 0 Å². The number of aromatic nitrogens is 1. The SMILES string of the molecule is O=C(c1nc(-c2ccc(C(F)(F)F)cc2)oc1-c1ccccc1[N+](=O)[O-])N1CCN(C(=O)O)C(c2ccc([N+](=O)[O-])cc2)C1. The molecule has 44 heavy (non-hydrogen) atoms. The molecule has 2 amide bonds. The zero-order valence-electron chi connectivity index (χ0n) is 22.3. The van der Waals surface area contributed by atoms with E-state index in [1.807, 2.05) is 0 Å². The van der Waals surface area contributed by atoms with Gasteiger partial charge in [0.15, 0.2) is 11.5 Å². The van der Waals surface area contributed by atoms with Gasteiger partial charge in [-0.1, -0.05) is 24.3 Å². The molecule has 3 aromatic carbocycles. The van der Waals surface area contributed by atoms with Gasteiger partial charge in [0.25, 0.3) is 17.3 Å². The Kier molecular flexibility index (Phi) is 7.74. The van der Waals surface area contributed by atoms with Crippen LogP contribution in [0.25, 0.3) is 22.8 Å². The van der Waals surface area contributed by atoms with Gasteiger partial charge in [-0.15, -0.1) is 0 Å². The van der Waals surface area contributed by atoms with Gasteiger partial charge in [-0.3, -0.25) is 29.9 Å². The number of oxazole rings is 1. The van der Waals surface area contributed by atoms with Gasteiger partial charge in [0.1, 0.15) is 0 Å². The largest absolute Gasteiger partial charge is 0.465 e. The average molecular weight is 611 g/mol. The summed E-state index contributed by atoms with van der Waals surface area (Å²) in [5, 5.41) is 32.7. The van der Waals surface area contributed by atoms with Crippen LogP contribution in [0.15, 0.2) is 77.2 Å². The van der Waals surface area contributed by atoms with E-state index >= 15 is 0 Å². The second kappa shape index (κ2) is 11.5. The molecule has 1 saturated heterocycles. The Bertz CT molecular complexity index is 1760. The number of alkyl halides is 3. The Morgan fingerprint density at radius 3 is 2.18 bits per heavy atom. The monoisotopic (exact) mass is 611 g/mol. The van der Waals surface area contributed by atoms with E-state index in [0.717, 1.165) is 29.2 Å². The predicted octanol–water partition coefficient (Wildman–Crippen LogP) is 6.02. The van der Waals surface area contributed by atoms with Crippen molar-refractivity contribution in [1.82, 2.24) is 14.8 Å². The second-order valence-corrected chi connectivity index (χ2v) is 9.64. The topological polar surface area (TPSA) is 173 Å². The highest BCUT2D eigenvalue weighted by Crippen LogP contribution is 2.38. The Balaban J connectivity index is 1.56. The van der Waals surface area contributed by atoms with Gasteiger partial charge in [0.05, 0.1) is 27.0 Å². The summed E-state index contributed by atoms with van der Waals surface area (Å²) in [6.45, 7) is -0.456. The third-order valence-electron chi connectivity index (χ3n) is 7.04. The summed E-state index contributed by atoms with van der Waals surface area (Å²) >= 11 is 0. The molecule has 1 aliphatic rings. The molecule has 13 nitrogen and oxygen atoms in total. The van der Waals surface area contributed by atoms with E-state index in [1.165, 1.54) is 53.4 Å². The van der Waals surface area contributed by atoms with E-state index in [-0.39, 0.29) is 53.8 Å². The molecule has 4 aromatic rings. The minimum atomic E-state index is -4.61. The van der Waals surface area contributed by atoms with Gasteiger partial charge in [0, 0.05) is 43.4 Å². The molecule has 5 rings (SSSR count). The summed E-state index contributed by atoms with van der Waals surface area (Å²) in [7, 11) is 0. The number of rotatable bonds is 6. The second-order valence-electron chi connectivity index (χ2n) is 9.64. The number of non-ortho nitro benzene ring substituents is 1. The molecule has 1 fully saturated rings. The Hall–Kier alpha value is -5.80. The third kappa shape index (κ3) is 5.77. The molecular formula is C28H20F3N5O8. The number of halogens is 3. The number of amides is 2. The Morgan fingerprint density at radius 1 is 0.932 bits per heavy atom. The summed E-state index contributed by atoms with van der Waals surface area (Å²) in [4.78, 5) is 54.1. The molecule has 2 heterocycles. The van der Waals surface area contributed by atoms with Crippen LogP contribution >= 0.6 is 0 Å². The summed E-state index contributed by atoms with van der Waals surface area (Å²) in [6, 6.07) is 13.4. The van der Waals surface area contributed by atoms with E-state index < -0.39 is 45.3 Å². The van der Waals surface area contributed by atoms with Gasteiger partial charge in [0.2, 0.25) is 5.89 Å². The maximum atomic E-state index is 13.9. The number of carboxylic acid groups (broad SMARTS) is 1. The molecule has 226 valence electrons. The molecule has 0 bridgehead atoms. The number of para-hydroxylation sites is 1. The lowest BCUT2D eigenvalue weighted by molar-refractivity contribution is -0.384. The van der Waals surface area contributed by atoms with E-state index in [9.17, 15) is 48.1 Å². The van der Waals surface area contributed by atoms with Crippen molar-refractivity contribution in [2.45, 2.75) is 12.2 Å². The van der Waals surface area contributed by atoms with Crippen molar-refractivity contribution in [1.29, 1.82) is 0 Å². The first-order chi connectivity index (χ1) is 20.8. The zero-order valence-corrected chi connectivity index (χ0v) is 22.3. The molecule has 16 heteroatoms. The summed E-state index contributed by atoms with van der Waals surface area (Å²) in [5.41, 5.74) is -1.61. The van der Waals surface area contributed by atoms with Gasteiger partial charge >= 0.3 is 12.3 Å². The Morgan fingerprint density at radius 2 is 1.59 bits per heavy atom. The van der Waals surface area contributed by atoms with Gasteiger partial charge in [-0.25, -0.2) is 9.78 Å². The van der Waals surface area contributed by atoms with Crippen molar-refractivity contribution >= 4 is 23.4 Å². The molecule has 0 aliphatic carbocycles. The zero-order chi connectivity index (χ0) is 31.8. The fraction of sp³-hybridized carbons (Fsp3) is 0.179. The van der Waals surface area contributed by atoms with E-state index in [0.29, 0.717) is 5.56 Å². The van der Waals surface area contributed by atoms with Crippen molar-refractivity contribution in [2.75, 3.05) is 19.6 Å². The van der Waals surface area contributed by atoms with Crippen LogP contribution in [0.3, 0.4) is 0 Å². The lowest BCUT2D eigenvalue weighted by Gasteiger charge is -2.40. The van der Waals surface area contributed by atoms with Crippen LogP contribution in [0.4, 0.5) is 29.3 Å². The fourth-order valence-corrected chi connectivity index (χ4v) is 4.85. The number of hydrogen-bond acceptors (Lipinski definition) is 8. The van der Waals surface area contributed by atoms with Crippen LogP contribution in [0.1, 0.15) is 27.7 Å². The van der Waals surface area contributed by atoms with Gasteiger partial charge in [-0.2, -0.15) is 13.2 Å². The number of carbonyl (C=O) groups is 2. The minimum Gasteiger partial charge on any atom is -0.465 e. The molecular weight excluding hydrogens is 591 g/mol. The number of nitrogens with zero attached hydrogens (tertiary/aromatic N) is 5. The number of nitro benzene ring substituents is 2. The van der Waals surface area contributed by atoms with E-state index in [2.05, 4.69) is 4.98 Å². The maximum absolute atomic E-state index is 13.9. The van der Waals surface area contributed by atoms with Crippen molar-refractivity contribution < 1.29 is 42.1 Å². The van der Waals surface area contributed by atoms with Crippen molar-refractivity contribution in [3.05, 3.63) is 110 Å².